The average Bonchev–Trinajstić information content (AvgIpc) is 3.20. The van der Waals surface area contributed by atoms with Crippen LogP contribution in [0.1, 0.15) is 37.7 Å². The highest BCUT2D eigenvalue weighted by Gasteiger charge is 2.29. The summed E-state index contributed by atoms with van der Waals surface area (Å²) in [5, 5.41) is 2.72. The van der Waals surface area contributed by atoms with Crippen LogP contribution in [-0.4, -0.2) is 49.0 Å². The van der Waals surface area contributed by atoms with Crippen molar-refractivity contribution in [2.75, 3.05) is 41.4 Å². The van der Waals surface area contributed by atoms with Gasteiger partial charge in [-0.3, -0.25) is 19.3 Å². The van der Waals surface area contributed by atoms with Gasteiger partial charge in [-0.2, -0.15) is 0 Å². The minimum atomic E-state index is -0.484. The molecule has 0 saturated carbocycles. The third-order valence-electron chi connectivity index (χ3n) is 7.21. The number of thiophene rings is 1. The van der Waals surface area contributed by atoms with Crippen LogP contribution in [0.25, 0.3) is 10.4 Å². The molecule has 0 radical (unpaired) electrons. The molecule has 4 aromatic rings. The Hall–Kier alpha value is -4.41. The Kier molecular flexibility index (Phi) is 7.34. The van der Waals surface area contributed by atoms with Gasteiger partial charge in [0.25, 0.3) is 17.7 Å². The number of benzene rings is 2. The Balaban J connectivity index is 1.29. The minimum absolute atomic E-state index is 0.0122. The Labute approximate surface area is 240 Å². The lowest BCUT2D eigenvalue weighted by atomic mass is 10.1. The maximum absolute atomic E-state index is 14.4. The van der Waals surface area contributed by atoms with Crippen molar-refractivity contribution < 1.29 is 23.5 Å². The standard InChI is InChI=1S/C31H27FN4O4S/c1-19-7-4-9-22(32)28(19)34-30(38)25-17-20-13-15-35(24-11-3-2-8-21(24)29(20)41-25)31(39)23-10-5-12-26(33-23)36-14-6-16-40-18-27(36)37/h2-5,7-12,17H,6,13-16,18H2,1H3,(H,34,38). The van der Waals surface area contributed by atoms with Crippen molar-refractivity contribution in [3.05, 3.63) is 94.2 Å². The number of carbonyl (C=O) groups is 3. The fourth-order valence-corrected chi connectivity index (χ4v) is 6.28. The van der Waals surface area contributed by atoms with Gasteiger partial charge in [0.2, 0.25) is 0 Å². The Morgan fingerprint density at radius 2 is 1.88 bits per heavy atom. The molecular weight excluding hydrogens is 543 g/mol. The van der Waals surface area contributed by atoms with Gasteiger partial charge in [-0.25, -0.2) is 9.37 Å². The summed E-state index contributed by atoms with van der Waals surface area (Å²) in [7, 11) is 0. The number of aryl methyl sites for hydroxylation is 1. The fourth-order valence-electron chi connectivity index (χ4n) is 5.14. The number of nitrogens with one attached hydrogen (secondary N) is 1. The Bertz CT molecular complexity index is 1650. The van der Waals surface area contributed by atoms with E-state index < -0.39 is 5.82 Å². The summed E-state index contributed by atoms with van der Waals surface area (Å²) in [5.74, 6) is -0.900. The first kappa shape index (κ1) is 26.8. The van der Waals surface area contributed by atoms with E-state index in [1.54, 1.807) is 47.1 Å². The average molecular weight is 571 g/mol. The first-order valence-electron chi connectivity index (χ1n) is 13.4. The van der Waals surface area contributed by atoms with E-state index in [2.05, 4.69) is 10.3 Å². The van der Waals surface area contributed by atoms with Gasteiger partial charge in [0.05, 0.1) is 16.3 Å². The van der Waals surface area contributed by atoms with E-state index in [0.717, 1.165) is 16.0 Å². The van der Waals surface area contributed by atoms with Gasteiger partial charge in [-0.1, -0.05) is 36.4 Å². The van der Waals surface area contributed by atoms with Gasteiger partial charge in [-0.05, 0) is 61.2 Å². The minimum Gasteiger partial charge on any atom is -0.372 e. The summed E-state index contributed by atoms with van der Waals surface area (Å²) < 4.78 is 19.7. The topological polar surface area (TPSA) is 91.8 Å². The van der Waals surface area contributed by atoms with Crippen molar-refractivity contribution in [2.24, 2.45) is 0 Å². The fraction of sp³-hybridized carbons (Fsp3) is 0.226. The first-order chi connectivity index (χ1) is 19.9. The molecule has 2 aromatic carbocycles. The van der Waals surface area contributed by atoms with E-state index in [1.165, 1.54) is 17.4 Å². The molecule has 0 aliphatic carbocycles. The van der Waals surface area contributed by atoms with Crippen LogP contribution in [0.15, 0.2) is 66.7 Å². The number of anilines is 3. The predicted octanol–water partition coefficient (Wildman–Crippen LogP) is 5.47. The highest BCUT2D eigenvalue weighted by Crippen LogP contribution is 2.42. The third-order valence-corrected chi connectivity index (χ3v) is 8.42. The third kappa shape index (κ3) is 5.23. The molecule has 3 amide bonds. The van der Waals surface area contributed by atoms with Gasteiger partial charge in [0.15, 0.2) is 0 Å². The molecule has 10 heteroatoms. The van der Waals surface area contributed by atoms with E-state index in [1.807, 2.05) is 30.3 Å². The zero-order chi connectivity index (χ0) is 28.5. The van der Waals surface area contributed by atoms with Gasteiger partial charge >= 0.3 is 0 Å². The van der Waals surface area contributed by atoms with Crippen molar-refractivity contribution in [3.8, 4) is 10.4 Å². The molecular formula is C31H27FN4O4S. The SMILES string of the molecule is Cc1cccc(F)c1NC(=O)c1cc2c(s1)-c1ccccc1N(C(=O)c1cccc(N3CCCOCC3=O)n1)CC2. The second-order valence-electron chi connectivity index (χ2n) is 9.91. The summed E-state index contributed by atoms with van der Waals surface area (Å²) in [6, 6.07) is 19.2. The highest BCUT2D eigenvalue weighted by atomic mass is 32.1. The molecule has 2 aromatic heterocycles. The number of ether oxygens (including phenoxy) is 1. The smallest absolute Gasteiger partial charge is 0.276 e. The van der Waals surface area contributed by atoms with E-state index in [-0.39, 0.29) is 35.7 Å². The summed E-state index contributed by atoms with van der Waals surface area (Å²) >= 11 is 1.32. The van der Waals surface area contributed by atoms with Crippen molar-refractivity contribution >= 4 is 46.3 Å². The van der Waals surface area contributed by atoms with E-state index in [4.69, 9.17) is 4.74 Å². The number of nitrogens with zero attached hydrogens (tertiary/aromatic N) is 3. The van der Waals surface area contributed by atoms with Gasteiger partial charge in [-0.15, -0.1) is 11.3 Å². The van der Waals surface area contributed by atoms with Crippen LogP contribution in [0.4, 0.5) is 21.6 Å². The quantitative estimate of drug-likeness (QED) is 0.352. The molecule has 0 spiro atoms. The monoisotopic (exact) mass is 570 g/mol. The number of hydrogen-bond donors (Lipinski definition) is 1. The summed E-state index contributed by atoms with van der Waals surface area (Å²) in [6.45, 7) is 3.08. The van der Waals surface area contributed by atoms with Crippen LogP contribution in [0.5, 0.6) is 0 Å². The number of halogens is 1. The van der Waals surface area contributed by atoms with Crippen molar-refractivity contribution in [1.29, 1.82) is 0 Å². The van der Waals surface area contributed by atoms with Crippen LogP contribution >= 0.6 is 11.3 Å². The number of rotatable bonds is 4. The largest absolute Gasteiger partial charge is 0.372 e. The van der Waals surface area contributed by atoms with Crippen molar-refractivity contribution in [3.63, 3.8) is 0 Å². The molecule has 208 valence electrons. The molecule has 4 heterocycles. The molecule has 6 rings (SSSR count). The van der Waals surface area contributed by atoms with Crippen LogP contribution in [0.3, 0.4) is 0 Å². The van der Waals surface area contributed by atoms with Crippen LogP contribution < -0.4 is 15.1 Å². The van der Waals surface area contributed by atoms with E-state index in [9.17, 15) is 18.8 Å². The second kappa shape index (κ2) is 11.2. The second-order valence-corrected chi connectivity index (χ2v) is 11.0. The maximum atomic E-state index is 14.4. The Morgan fingerprint density at radius 1 is 1.05 bits per heavy atom. The molecule has 8 nitrogen and oxygen atoms in total. The molecule has 1 saturated heterocycles. The van der Waals surface area contributed by atoms with Crippen molar-refractivity contribution in [1.82, 2.24) is 4.98 Å². The number of aromatic nitrogens is 1. The lowest BCUT2D eigenvalue weighted by Gasteiger charge is -2.24. The number of carbonyl (C=O) groups excluding carboxylic acids is 3. The highest BCUT2D eigenvalue weighted by molar-refractivity contribution is 7.17. The lowest BCUT2D eigenvalue weighted by molar-refractivity contribution is -0.122. The van der Waals surface area contributed by atoms with Crippen LogP contribution in [0.2, 0.25) is 0 Å². The molecule has 2 aliphatic rings. The summed E-state index contributed by atoms with van der Waals surface area (Å²) in [6.07, 6.45) is 1.20. The first-order valence-corrected chi connectivity index (χ1v) is 14.2. The summed E-state index contributed by atoms with van der Waals surface area (Å²) in [5.41, 5.74) is 3.52. The molecule has 0 bridgehead atoms. The van der Waals surface area contributed by atoms with E-state index in [0.29, 0.717) is 54.5 Å². The lowest BCUT2D eigenvalue weighted by Crippen LogP contribution is -2.35. The molecule has 0 atom stereocenters. The van der Waals surface area contributed by atoms with Crippen LogP contribution in [-0.2, 0) is 16.0 Å². The normalized spacial score (nSPS) is 15.0. The zero-order valence-electron chi connectivity index (χ0n) is 22.4. The predicted molar refractivity (Wildman–Crippen MR) is 156 cm³/mol. The maximum Gasteiger partial charge on any atom is 0.276 e. The van der Waals surface area contributed by atoms with Gasteiger partial charge in [0, 0.05) is 30.1 Å². The molecule has 0 unspecified atom stereocenters. The molecule has 1 N–H and O–H groups in total. The number of pyridine rings is 1. The number of para-hydroxylation sites is 2. The van der Waals surface area contributed by atoms with E-state index >= 15 is 0 Å². The molecule has 41 heavy (non-hydrogen) atoms. The van der Waals surface area contributed by atoms with Crippen LogP contribution in [0, 0.1) is 12.7 Å². The summed E-state index contributed by atoms with van der Waals surface area (Å²) in [4.78, 5) is 48.7. The zero-order valence-corrected chi connectivity index (χ0v) is 23.2. The number of fused-ring (bicyclic) bond motifs is 3. The molecule has 1 fully saturated rings. The number of amides is 3. The van der Waals surface area contributed by atoms with Crippen molar-refractivity contribution in [2.45, 2.75) is 19.8 Å². The Morgan fingerprint density at radius 3 is 2.73 bits per heavy atom. The molecule has 2 aliphatic heterocycles. The van der Waals surface area contributed by atoms with Gasteiger partial charge in [0.1, 0.15) is 23.9 Å². The number of hydrogen-bond acceptors (Lipinski definition) is 6. The van der Waals surface area contributed by atoms with Gasteiger partial charge < -0.3 is 15.0 Å².